The number of fused-ring (bicyclic) bond motifs is 1. The third-order valence-electron chi connectivity index (χ3n) is 5.12. The van der Waals surface area contributed by atoms with Crippen LogP contribution in [0.15, 0.2) is 59.8 Å². The van der Waals surface area contributed by atoms with Gasteiger partial charge in [-0.05, 0) is 62.2 Å². The molecule has 0 unspecified atom stereocenters. The van der Waals surface area contributed by atoms with Gasteiger partial charge in [0.15, 0.2) is 5.65 Å². The Bertz CT molecular complexity index is 1310. The Hall–Kier alpha value is -3.94. The van der Waals surface area contributed by atoms with Gasteiger partial charge in [0, 0.05) is 5.69 Å². The zero-order valence-electron chi connectivity index (χ0n) is 17.6. The van der Waals surface area contributed by atoms with Gasteiger partial charge in [-0.25, -0.2) is 9.67 Å². The molecule has 1 amide bonds. The van der Waals surface area contributed by atoms with Crippen molar-refractivity contribution < 1.29 is 9.53 Å². The number of benzene rings is 2. The normalized spacial score (nSPS) is 10.9. The highest BCUT2D eigenvalue weighted by atomic mass is 16.5. The van der Waals surface area contributed by atoms with E-state index in [1.807, 2.05) is 39.0 Å². The molecule has 0 bridgehead atoms. The molecule has 4 rings (SSSR count). The van der Waals surface area contributed by atoms with Crippen LogP contribution in [0.3, 0.4) is 0 Å². The molecule has 0 aliphatic rings. The second-order valence-electron chi connectivity index (χ2n) is 7.20. The second-order valence-corrected chi connectivity index (χ2v) is 7.20. The third kappa shape index (κ3) is 4.05. The number of aryl methyl sites for hydroxylation is 1. The third-order valence-corrected chi connectivity index (χ3v) is 5.12. The summed E-state index contributed by atoms with van der Waals surface area (Å²) in [6.45, 7) is 6.36. The van der Waals surface area contributed by atoms with E-state index in [1.54, 1.807) is 28.9 Å². The quantitative estimate of drug-likeness (QED) is 0.520. The Balaban J connectivity index is 1.56. The summed E-state index contributed by atoms with van der Waals surface area (Å²) in [5, 5.41) is 7.50. The molecule has 1 N–H and O–H groups in total. The molecule has 0 radical (unpaired) electrons. The molecular formula is C23H23N5O3. The first-order valence-electron chi connectivity index (χ1n) is 10.0. The second kappa shape index (κ2) is 8.43. The van der Waals surface area contributed by atoms with Crippen molar-refractivity contribution in [1.82, 2.24) is 19.3 Å². The number of anilines is 1. The zero-order valence-corrected chi connectivity index (χ0v) is 17.6. The summed E-state index contributed by atoms with van der Waals surface area (Å²) < 4.78 is 8.33. The number of nitrogens with one attached hydrogen (secondary N) is 1. The van der Waals surface area contributed by atoms with Crippen LogP contribution in [-0.4, -0.2) is 31.8 Å². The highest BCUT2D eigenvalue weighted by Crippen LogP contribution is 2.20. The highest BCUT2D eigenvalue weighted by Gasteiger charge is 2.15. The van der Waals surface area contributed by atoms with Crippen LogP contribution < -0.4 is 15.6 Å². The van der Waals surface area contributed by atoms with Gasteiger partial charge in [-0.3, -0.25) is 14.2 Å². The maximum Gasteiger partial charge on any atom is 0.264 e. The van der Waals surface area contributed by atoms with Crippen LogP contribution in [0.5, 0.6) is 5.75 Å². The number of aromatic nitrogens is 4. The van der Waals surface area contributed by atoms with E-state index < -0.39 is 0 Å². The minimum atomic E-state index is -0.325. The highest BCUT2D eigenvalue weighted by molar-refractivity contribution is 5.90. The van der Waals surface area contributed by atoms with E-state index in [0.717, 1.165) is 22.6 Å². The van der Waals surface area contributed by atoms with Gasteiger partial charge in [0.05, 0.1) is 18.5 Å². The number of hydrogen-bond donors (Lipinski definition) is 1. The van der Waals surface area contributed by atoms with Crippen molar-refractivity contribution in [1.29, 1.82) is 0 Å². The van der Waals surface area contributed by atoms with Gasteiger partial charge < -0.3 is 10.1 Å². The van der Waals surface area contributed by atoms with E-state index in [-0.39, 0.29) is 18.0 Å². The average Bonchev–Trinajstić information content (AvgIpc) is 3.18. The predicted octanol–water partition coefficient (Wildman–Crippen LogP) is 3.24. The van der Waals surface area contributed by atoms with Crippen molar-refractivity contribution in [3.05, 3.63) is 76.5 Å². The lowest BCUT2D eigenvalue weighted by molar-refractivity contribution is -0.116. The van der Waals surface area contributed by atoms with Crippen LogP contribution in [0, 0.1) is 13.8 Å². The summed E-state index contributed by atoms with van der Waals surface area (Å²) in [5.74, 6) is 0.404. The number of carbonyl (C=O) groups excluding carboxylic acids is 1. The molecule has 0 spiro atoms. The molecule has 0 saturated carbocycles. The standard InChI is InChI=1S/C23H23N5O3/c1-4-31-18-10-8-17(9-11-18)26-21(29)13-27-14-24-22-19(23(27)30)12-25-28(22)20-7-5-6-15(2)16(20)3/h5-12,14H,4,13H2,1-3H3,(H,26,29). The number of hydrogen-bond acceptors (Lipinski definition) is 5. The van der Waals surface area contributed by atoms with Gasteiger partial charge in [-0.2, -0.15) is 5.10 Å². The molecule has 0 fully saturated rings. The summed E-state index contributed by atoms with van der Waals surface area (Å²) in [6, 6.07) is 13.0. The van der Waals surface area contributed by atoms with Crippen molar-refractivity contribution in [3.63, 3.8) is 0 Å². The van der Waals surface area contributed by atoms with Gasteiger partial charge in [0.25, 0.3) is 5.56 Å². The summed E-state index contributed by atoms with van der Waals surface area (Å²) in [7, 11) is 0. The molecule has 158 valence electrons. The van der Waals surface area contributed by atoms with E-state index in [9.17, 15) is 9.59 Å². The van der Waals surface area contributed by atoms with E-state index in [4.69, 9.17) is 4.74 Å². The molecular weight excluding hydrogens is 394 g/mol. The molecule has 8 nitrogen and oxygen atoms in total. The van der Waals surface area contributed by atoms with Crippen molar-refractivity contribution in [2.24, 2.45) is 0 Å². The molecule has 2 aromatic heterocycles. The Kier molecular flexibility index (Phi) is 5.53. The molecule has 2 heterocycles. The van der Waals surface area contributed by atoms with Crippen molar-refractivity contribution in [2.75, 3.05) is 11.9 Å². The Morgan fingerprint density at radius 3 is 2.65 bits per heavy atom. The van der Waals surface area contributed by atoms with Crippen LogP contribution in [0.2, 0.25) is 0 Å². The van der Waals surface area contributed by atoms with Gasteiger partial charge in [0.1, 0.15) is 24.0 Å². The number of rotatable bonds is 6. The first-order valence-corrected chi connectivity index (χ1v) is 10.0. The molecule has 0 saturated heterocycles. The van der Waals surface area contributed by atoms with Crippen LogP contribution in [0.25, 0.3) is 16.7 Å². The Labute approximate surface area is 179 Å². The molecule has 2 aromatic carbocycles. The van der Waals surface area contributed by atoms with Gasteiger partial charge >= 0.3 is 0 Å². The molecule has 0 atom stereocenters. The summed E-state index contributed by atoms with van der Waals surface area (Å²) in [5.41, 5.74) is 3.82. The van der Waals surface area contributed by atoms with Crippen molar-refractivity contribution >= 4 is 22.6 Å². The van der Waals surface area contributed by atoms with Gasteiger partial charge in [-0.1, -0.05) is 12.1 Å². The summed E-state index contributed by atoms with van der Waals surface area (Å²) in [4.78, 5) is 29.7. The lowest BCUT2D eigenvalue weighted by Gasteiger charge is -2.10. The number of nitrogens with zero attached hydrogens (tertiary/aromatic N) is 4. The molecule has 8 heteroatoms. The average molecular weight is 417 g/mol. The van der Waals surface area contributed by atoms with E-state index in [2.05, 4.69) is 15.4 Å². The Morgan fingerprint density at radius 2 is 1.90 bits per heavy atom. The fourth-order valence-corrected chi connectivity index (χ4v) is 3.36. The molecule has 0 aliphatic carbocycles. The minimum absolute atomic E-state index is 0.149. The number of carbonyl (C=O) groups is 1. The first-order chi connectivity index (χ1) is 15.0. The molecule has 4 aromatic rings. The van der Waals surface area contributed by atoms with E-state index in [1.165, 1.54) is 17.1 Å². The summed E-state index contributed by atoms with van der Waals surface area (Å²) >= 11 is 0. The van der Waals surface area contributed by atoms with Crippen LogP contribution in [-0.2, 0) is 11.3 Å². The maximum absolute atomic E-state index is 12.9. The van der Waals surface area contributed by atoms with Gasteiger partial charge in [-0.15, -0.1) is 0 Å². The van der Waals surface area contributed by atoms with E-state index in [0.29, 0.717) is 23.3 Å². The van der Waals surface area contributed by atoms with Crippen molar-refractivity contribution in [3.8, 4) is 11.4 Å². The lowest BCUT2D eigenvalue weighted by Crippen LogP contribution is -2.27. The van der Waals surface area contributed by atoms with Crippen LogP contribution in [0.1, 0.15) is 18.1 Å². The minimum Gasteiger partial charge on any atom is -0.494 e. The maximum atomic E-state index is 12.9. The predicted molar refractivity (Wildman–Crippen MR) is 119 cm³/mol. The smallest absolute Gasteiger partial charge is 0.264 e. The lowest BCUT2D eigenvalue weighted by atomic mass is 10.1. The molecule has 31 heavy (non-hydrogen) atoms. The number of ether oxygens (including phenoxy) is 1. The SMILES string of the molecule is CCOc1ccc(NC(=O)Cn2cnc3c(cnn3-c3cccc(C)c3C)c2=O)cc1. The van der Waals surface area contributed by atoms with Crippen molar-refractivity contribution in [2.45, 2.75) is 27.3 Å². The monoisotopic (exact) mass is 417 g/mol. The van der Waals surface area contributed by atoms with Crippen LogP contribution in [0.4, 0.5) is 5.69 Å². The van der Waals surface area contributed by atoms with Crippen LogP contribution >= 0.6 is 0 Å². The largest absolute Gasteiger partial charge is 0.494 e. The topological polar surface area (TPSA) is 91.0 Å². The molecule has 0 aliphatic heterocycles. The zero-order chi connectivity index (χ0) is 22.0. The Morgan fingerprint density at radius 1 is 1.13 bits per heavy atom. The number of amides is 1. The fraction of sp³-hybridized carbons (Fsp3) is 0.217. The first kappa shape index (κ1) is 20.3. The van der Waals surface area contributed by atoms with E-state index >= 15 is 0 Å². The van der Waals surface area contributed by atoms with Gasteiger partial charge in [0.2, 0.25) is 5.91 Å². The summed E-state index contributed by atoms with van der Waals surface area (Å²) in [6.07, 6.45) is 2.87. The fourth-order valence-electron chi connectivity index (χ4n) is 3.36.